The van der Waals surface area contributed by atoms with Crippen molar-refractivity contribution in [3.05, 3.63) is 46.2 Å². The molecule has 0 saturated heterocycles. The number of nitrogens with zero attached hydrogens (tertiary/aromatic N) is 2. The van der Waals surface area contributed by atoms with Gasteiger partial charge in [0, 0.05) is 12.2 Å². The summed E-state index contributed by atoms with van der Waals surface area (Å²) < 4.78 is 80.0. The Morgan fingerprint density at radius 1 is 1.24 bits per heavy atom. The molecule has 156 valence electrons. The third-order valence-corrected chi connectivity index (χ3v) is 4.10. The van der Waals surface area contributed by atoms with Crippen LogP contribution in [0, 0.1) is 11.3 Å². The van der Waals surface area contributed by atoms with Gasteiger partial charge in [-0.1, -0.05) is 0 Å². The number of hydrogen-bond donors (Lipinski definition) is 2. The molecule has 0 spiro atoms. The van der Waals surface area contributed by atoms with Gasteiger partial charge < -0.3 is 10.6 Å². The third-order valence-electron chi connectivity index (χ3n) is 4.10. The molecule has 1 aliphatic heterocycles. The van der Waals surface area contributed by atoms with Crippen LogP contribution in [0.3, 0.4) is 0 Å². The monoisotopic (exact) mass is 420 g/mol. The molecular weight excluding hydrogens is 406 g/mol. The minimum Gasteiger partial charge on any atom is -0.338 e. The number of imide groups is 1. The van der Waals surface area contributed by atoms with Gasteiger partial charge in [-0.2, -0.15) is 31.6 Å². The number of nitriles is 1. The largest absolute Gasteiger partial charge is 0.416 e. The van der Waals surface area contributed by atoms with Crippen LogP contribution in [-0.4, -0.2) is 23.5 Å². The smallest absolute Gasteiger partial charge is 0.338 e. The summed E-state index contributed by atoms with van der Waals surface area (Å²) in [5, 5.41) is 13.8. The van der Waals surface area contributed by atoms with E-state index < -0.39 is 52.7 Å². The van der Waals surface area contributed by atoms with Crippen molar-refractivity contribution < 1.29 is 35.9 Å². The van der Waals surface area contributed by atoms with Gasteiger partial charge in [0.2, 0.25) is 0 Å². The summed E-state index contributed by atoms with van der Waals surface area (Å²) in [6.45, 7) is 2.64. The number of hydrogen-bond acceptors (Lipinski definition) is 3. The summed E-state index contributed by atoms with van der Waals surface area (Å²) in [7, 11) is 0. The minimum absolute atomic E-state index is 0.0192. The highest BCUT2D eigenvalue weighted by molar-refractivity contribution is 5.96. The fourth-order valence-corrected chi connectivity index (χ4v) is 2.85. The summed E-state index contributed by atoms with van der Waals surface area (Å²) in [5.41, 5.74) is -4.63. The normalized spacial score (nSPS) is 17.7. The van der Waals surface area contributed by atoms with E-state index >= 15 is 0 Å². The Hall–Kier alpha value is -3.23. The molecule has 0 aromatic heterocycles. The van der Waals surface area contributed by atoms with Crippen LogP contribution >= 0.6 is 0 Å². The number of allylic oxidation sites excluding steroid dienone is 1. The predicted octanol–water partition coefficient (Wildman–Crippen LogP) is 4.32. The third kappa shape index (κ3) is 4.28. The molecule has 0 fully saturated rings. The van der Waals surface area contributed by atoms with Crippen LogP contribution in [0.5, 0.6) is 0 Å². The molecule has 0 saturated carbocycles. The first kappa shape index (κ1) is 22.1. The second-order valence-corrected chi connectivity index (χ2v) is 5.99. The number of carbonyl (C=O) groups is 2. The summed E-state index contributed by atoms with van der Waals surface area (Å²) >= 11 is 0. The van der Waals surface area contributed by atoms with Gasteiger partial charge in [-0.3, -0.25) is 0 Å². The fraction of sp³-hybridized carbons (Fsp3) is 0.353. The van der Waals surface area contributed by atoms with E-state index in [4.69, 9.17) is 0 Å². The molecule has 1 aliphatic rings. The Morgan fingerprint density at radius 2 is 1.86 bits per heavy atom. The molecule has 29 heavy (non-hydrogen) atoms. The number of amides is 4. The molecule has 1 atom stereocenters. The standard InChI is InChI=1S/C17H14F6N4O2/c1-3-25-14(28)27-13(11(7-24)8(2)26-15(27)29)10-6-9(16(18,19)20)4-5-12(10)17(21,22)23/h4-6,13H,3H2,1-2H3,(H,25,28)(H,26,29). The van der Waals surface area contributed by atoms with E-state index in [1.54, 1.807) is 6.07 Å². The van der Waals surface area contributed by atoms with Crippen molar-refractivity contribution in [1.82, 2.24) is 15.5 Å². The number of urea groups is 2. The Morgan fingerprint density at radius 3 is 2.34 bits per heavy atom. The van der Waals surface area contributed by atoms with Gasteiger partial charge in [0.15, 0.2) is 0 Å². The zero-order valence-electron chi connectivity index (χ0n) is 15.0. The van der Waals surface area contributed by atoms with Crippen LogP contribution in [0.25, 0.3) is 0 Å². The topological polar surface area (TPSA) is 85.2 Å². The van der Waals surface area contributed by atoms with E-state index in [0.717, 1.165) is 0 Å². The first-order valence-electron chi connectivity index (χ1n) is 8.10. The lowest BCUT2D eigenvalue weighted by atomic mass is 9.89. The molecule has 0 radical (unpaired) electrons. The lowest BCUT2D eigenvalue weighted by Crippen LogP contribution is -2.53. The van der Waals surface area contributed by atoms with Crippen LogP contribution in [0.15, 0.2) is 29.5 Å². The van der Waals surface area contributed by atoms with E-state index in [2.05, 4.69) is 10.6 Å². The van der Waals surface area contributed by atoms with Crippen molar-refractivity contribution in [2.75, 3.05) is 6.54 Å². The first-order chi connectivity index (χ1) is 13.3. The van der Waals surface area contributed by atoms with Gasteiger partial charge >= 0.3 is 24.4 Å². The average Bonchev–Trinajstić information content (AvgIpc) is 2.59. The number of halogens is 6. The van der Waals surface area contributed by atoms with Crippen molar-refractivity contribution in [2.45, 2.75) is 32.2 Å². The quantitative estimate of drug-likeness (QED) is 0.699. The number of carbonyl (C=O) groups excluding carboxylic acids is 2. The zero-order valence-corrected chi connectivity index (χ0v) is 15.0. The van der Waals surface area contributed by atoms with Crippen LogP contribution in [-0.2, 0) is 12.4 Å². The Balaban J connectivity index is 2.86. The van der Waals surface area contributed by atoms with Gasteiger partial charge in [0.1, 0.15) is 6.04 Å². The highest BCUT2D eigenvalue weighted by atomic mass is 19.4. The van der Waals surface area contributed by atoms with Gasteiger partial charge in [-0.15, -0.1) is 0 Å². The number of nitrogens with one attached hydrogen (secondary N) is 2. The maximum Gasteiger partial charge on any atom is 0.416 e. The molecule has 0 aliphatic carbocycles. The van der Waals surface area contributed by atoms with Crippen molar-refractivity contribution in [3.8, 4) is 6.07 Å². The molecule has 12 heteroatoms. The summed E-state index contributed by atoms with van der Waals surface area (Å²) in [6.07, 6.45) is -10.1. The van der Waals surface area contributed by atoms with Crippen molar-refractivity contribution in [3.63, 3.8) is 0 Å². The molecule has 4 amide bonds. The second-order valence-electron chi connectivity index (χ2n) is 5.99. The van der Waals surface area contributed by atoms with Gasteiger partial charge in [0.05, 0.1) is 22.8 Å². The van der Waals surface area contributed by atoms with Gasteiger partial charge in [-0.25, -0.2) is 14.5 Å². The highest BCUT2D eigenvalue weighted by Gasteiger charge is 2.45. The summed E-state index contributed by atoms with van der Waals surface area (Å²) in [5.74, 6) is 0. The Bertz CT molecular complexity index is 914. The molecule has 1 heterocycles. The molecule has 1 aromatic rings. The van der Waals surface area contributed by atoms with Crippen molar-refractivity contribution >= 4 is 12.1 Å². The van der Waals surface area contributed by atoms with Gasteiger partial charge in [0.25, 0.3) is 0 Å². The predicted molar refractivity (Wildman–Crippen MR) is 86.9 cm³/mol. The van der Waals surface area contributed by atoms with E-state index in [9.17, 15) is 41.2 Å². The highest BCUT2D eigenvalue weighted by Crippen LogP contribution is 2.43. The van der Waals surface area contributed by atoms with E-state index in [1.165, 1.54) is 13.8 Å². The number of benzene rings is 1. The zero-order chi connectivity index (χ0) is 22.1. The maximum absolute atomic E-state index is 13.5. The molecule has 1 unspecified atom stereocenters. The number of alkyl halides is 6. The van der Waals surface area contributed by atoms with Crippen LogP contribution < -0.4 is 10.6 Å². The lowest BCUT2D eigenvalue weighted by Gasteiger charge is -2.36. The second kappa shape index (κ2) is 7.65. The summed E-state index contributed by atoms with van der Waals surface area (Å²) in [4.78, 5) is 24.9. The van der Waals surface area contributed by atoms with Gasteiger partial charge in [-0.05, 0) is 37.6 Å². The molecule has 6 nitrogen and oxygen atoms in total. The summed E-state index contributed by atoms with van der Waals surface area (Å²) in [6, 6.07) is -2.11. The average molecular weight is 420 g/mol. The van der Waals surface area contributed by atoms with E-state index in [1.807, 2.05) is 0 Å². The first-order valence-corrected chi connectivity index (χ1v) is 8.10. The van der Waals surface area contributed by atoms with Crippen molar-refractivity contribution in [2.24, 2.45) is 0 Å². The molecular formula is C17H14F6N4O2. The minimum atomic E-state index is -5.10. The molecule has 2 rings (SSSR count). The van der Waals surface area contributed by atoms with E-state index in [-0.39, 0.29) is 35.3 Å². The van der Waals surface area contributed by atoms with Crippen LogP contribution in [0.1, 0.15) is 36.6 Å². The Kier molecular flexibility index (Phi) is 5.82. The molecule has 1 aromatic carbocycles. The van der Waals surface area contributed by atoms with Crippen LogP contribution in [0.4, 0.5) is 35.9 Å². The molecule has 0 bridgehead atoms. The molecule has 2 N–H and O–H groups in total. The Labute approximate surface area is 160 Å². The lowest BCUT2D eigenvalue weighted by molar-refractivity contribution is -0.142. The maximum atomic E-state index is 13.5. The van der Waals surface area contributed by atoms with E-state index in [0.29, 0.717) is 0 Å². The van der Waals surface area contributed by atoms with Crippen LogP contribution in [0.2, 0.25) is 0 Å². The SMILES string of the molecule is CCNC(=O)N1C(=O)NC(C)=C(C#N)C1c1cc(C(F)(F)F)ccc1C(F)(F)F. The fourth-order valence-electron chi connectivity index (χ4n) is 2.85. The number of rotatable bonds is 2. The van der Waals surface area contributed by atoms with Crippen molar-refractivity contribution in [1.29, 1.82) is 5.26 Å².